The smallest absolute Gasteiger partial charge is 0.131 e. The molecule has 0 amide bonds. The van der Waals surface area contributed by atoms with Gasteiger partial charge in [0.25, 0.3) is 0 Å². The van der Waals surface area contributed by atoms with Gasteiger partial charge in [-0.25, -0.2) is 8.78 Å². The monoisotopic (exact) mass is 401 g/mol. The Hall–Kier alpha value is -1.01. The minimum absolute atomic E-state index is 0.177. The molecule has 1 atom stereocenters. The van der Waals surface area contributed by atoms with Gasteiger partial charge in [-0.2, -0.15) is 0 Å². The molecule has 0 fully saturated rings. The van der Waals surface area contributed by atoms with E-state index in [-0.39, 0.29) is 12.1 Å². The molecule has 0 saturated heterocycles. The summed E-state index contributed by atoms with van der Waals surface area (Å²) < 4.78 is 28.8. The molecule has 0 bridgehead atoms. The molecule has 4 heteroatoms. The maximum atomic E-state index is 14.3. The van der Waals surface area contributed by atoms with Crippen LogP contribution in [0.25, 0.3) is 0 Å². The molecule has 0 aliphatic heterocycles. The lowest BCUT2D eigenvalue weighted by molar-refractivity contribution is 0.495. The Morgan fingerprint density at radius 3 is 2.29 bits per heavy atom. The van der Waals surface area contributed by atoms with E-state index in [1.54, 1.807) is 13.0 Å². The van der Waals surface area contributed by atoms with E-state index in [9.17, 15) is 8.78 Å². The van der Waals surface area contributed by atoms with Crippen molar-refractivity contribution in [1.29, 1.82) is 0 Å². The normalized spacial score (nSPS) is 12.7. The Bertz CT molecular complexity index is 641. The van der Waals surface area contributed by atoms with Crippen LogP contribution in [0.3, 0.4) is 0 Å². The molecule has 2 aromatic carbocycles. The van der Waals surface area contributed by atoms with Crippen LogP contribution in [0.5, 0.6) is 0 Å². The Kier molecular flexibility index (Phi) is 5.32. The summed E-state index contributed by atoms with van der Waals surface area (Å²) in [7, 11) is 0. The second-order valence-corrected chi connectivity index (χ2v) is 6.56. The lowest BCUT2D eigenvalue weighted by Gasteiger charge is -2.24. The highest BCUT2D eigenvalue weighted by molar-refractivity contribution is 14.1. The van der Waals surface area contributed by atoms with E-state index in [0.717, 1.165) is 15.2 Å². The van der Waals surface area contributed by atoms with Gasteiger partial charge in [-0.15, -0.1) is 0 Å². The SMILES string of the molecule is Cc1cc(C(NC(C)C)c2ccccc2I)c(F)cc1F. The zero-order valence-corrected chi connectivity index (χ0v) is 14.4. The summed E-state index contributed by atoms with van der Waals surface area (Å²) in [5.41, 5.74) is 1.93. The number of nitrogens with one attached hydrogen (secondary N) is 1. The van der Waals surface area contributed by atoms with Gasteiger partial charge in [-0.05, 0) is 66.6 Å². The van der Waals surface area contributed by atoms with E-state index in [1.807, 2.05) is 38.1 Å². The number of hydrogen-bond donors (Lipinski definition) is 1. The van der Waals surface area contributed by atoms with Crippen molar-refractivity contribution in [3.05, 3.63) is 68.3 Å². The lowest BCUT2D eigenvalue weighted by atomic mass is 9.96. The molecular formula is C17H18F2IN. The Morgan fingerprint density at radius 2 is 1.67 bits per heavy atom. The second kappa shape index (κ2) is 6.83. The van der Waals surface area contributed by atoms with Gasteiger partial charge in [0.15, 0.2) is 0 Å². The van der Waals surface area contributed by atoms with E-state index in [1.165, 1.54) is 0 Å². The van der Waals surface area contributed by atoms with Crippen molar-refractivity contribution in [1.82, 2.24) is 5.32 Å². The van der Waals surface area contributed by atoms with Crippen LogP contribution in [-0.2, 0) is 0 Å². The molecule has 1 unspecified atom stereocenters. The molecule has 0 radical (unpaired) electrons. The number of benzene rings is 2. The van der Waals surface area contributed by atoms with Gasteiger partial charge >= 0.3 is 0 Å². The van der Waals surface area contributed by atoms with E-state index in [4.69, 9.17) is 0 Å². The minimum Gasteiger partial charge on any atom is -0.304 e. The summed E-state index contributed by atoms with van der Waals surface area (Å²) >= 11 is 2.24. The summed E-state index contributed by atoms with van der Waals surface area (Å²) in [5.74, 6) is -1.03. The maximum Gasteiger partial charge on any atom is 0.131 e. The van der Waals surface area contributed by atoms with Gasteiger partial charge in [-0.1, -0.05) is 18.2 Å². The van der Waals surface area contributed by atoms with Crippen LogP contribution in [0, 0.1) is 22.1 Å². The number of hydrogen-bond acceptors (Lipinski definition) is 1. The van der Waals surface area contributed by atoms with Crippen molar-refractivity contribution >= 4 is 22.6 Å². The minimum atomic E-state index is -0.518. The highest BCUT2D eigenvalue weighted by Crippen LogP contribution is 2.30. The largest absolute Gasteiger partial charge is 0.304 e. The molecule has 0 saturated carbocycles. The van der Waals surface area contributed by atoms with E-state index >= 15 is 0 Å². The zero-order chi connectivity index (χ0) is 15.6. The highest BCUT2D eigenvalue weighted by atomic mass is 127. The summed E-state index contributed by atoms with van der Waals surface area (Å²) in [6.45, 7) is 5.68. The molecule has 0 spiro atoms. The van der Waals surface area contributed by atoms with Crippen molar-refractivity contribution in [3.8, 4) is 0 Å². The Morgan fingerprint density at radius 1 is 1.00 bits per heavy atom. The van der Waals surface area contributed by atoms with Crippen molar-refractivity contribution in [2.24, 2.45) is 0 Å². The Labute approximate surface area is 137 Å². The molecule has 0 heterocycles. The number of aryl methyl sites for hydroxylation is 1. The van der Waals surface area contributed by atoms with Gasteiger partial charge in [0.1, 0.15) is 11.6 Å². The topological polar surface area (TPSA) is 12.0 Å². The zero-order valence-electron chi connectivity index (χ0n) is 12.3. The third-order valence-electron chi connectivity index (χ3n) is 3.31. The van der Waals surface area contributed by atoms with Crippen molar-refractivity contribution < 1.29 is 8.78 Å². The van der Waals surface area contributed by atoms with Crippen LogP contribution < -0.4 is 5.32 Å². The van der Waals surface area contributed by atoms with Crippen LogP contribution in [0.1, 0.15) is 36.6 Å². The number of halogens is 3. The first-order valence-electron chi connectivity index (χ1n) is 6.86. The molecular weight excluding hydrogens is 383 g/mol. The van der Waals surface area contributed by atoms with Crippen LogP contribution in [0.2, 0.25) is 0 Å². The molecule has 1 N–H and O–H groups in total. The maximum absolute atomic E-state index is 14.3. The van der Waals surface area contributed by atoms with E-state index < -0.39 is 11.6 Å². The van der Waals surface area contributed by atoms with Gasteiger partial charge < -0.3 is 5.32 Å². The van der Waals surface area contributed by atoms with Crippen LogP contribution in [0.4, 0.5) is 8.78 Å². The Balaban J connectivity index is 2.56. The molecule has 0 aromatic heterocycles. The fourth-order valence-corrected chi connectivity index (χ4v) is 2.99. The first-order valence-corrected chi connectivity index (χ1v) is 7.94. The third-order valence-corrected chi connectivity index (χ3v) is 4.29. The van der Waals surface area contributed by atoms with E-state index in [0.29, 0.717) is 11.1 Å². The molecule has 112 valence electrons. The van der Waals surface area contributed by atoms with Crippen molar-refractivity contribution in [2.75, 3.05) is 0 Å². The standard InChI is InChI=1S/C17H18F2IN/c1-10(2)21-17(12-6-4-5-7-16(12)20)13-8-11(3)14(18)9-15(13)19/h4-10,17,21H,1-3H3. The fraction of sp³-hybridized carbons (Fsp3) is 0.294. The summed E-state index contributed by atoms with van der Waals surface area (Å²) in [5, 5.41) is 3.37. The predicted molar refractivity (Wildman–Crippen MR) is 90.4 cm³/mol. The van der Waals surface area contributed by atoms with Gasteiger partial charge in [0, 0.05) is 21.2 Å². The van der Waals surface area contributed by atoms with Gasteiger partial charge in [-0.3, -0.25) is 0 Å². The number of rotatable bonds is 4. The summed E-state index contributed by atoms with van der Waals surface area (Å²) in [6.07, 6.45) is 0. The van der Waals surface area contributed by atoms with Crippen molar-refractivity contribution in [3.63, 3.8) is 0 Å². The van der Waals surface area contributed by atoms with Crippen molar-refractivity contribution in [2.45, 2.75) is 32.9 Å². The lowest BCUT2D eigenvalue weighted by Crippen LogP contribution is -2.30. The average molecular weight is 401 g/mol. The molecule has 0 aliphatic rings. The second-order valence-electron chi connectivity index (χ2n) is 5.40. The molecule has 2 rings (SSSR count). The molecule has 0 aliphatic carbocycles. The highest BCUT2D eigenvalue weighted by Gasteiger charge is 2.21. The predicted octanol–water partition coefficient (Wildman–Crippen LogP) is 4.97. The first-order chi connectivity index (χ1) is 9.90. The summed E-state index contributed by atoms with van der Waals surface area (Å²) in [4.78, 5) is 0. The van der Waals surface area contributed by atoms with E-state index in [2.05, 4.69) is 27.9 Å². The molecule has 1 nitrogen and oxygen atoms in total. The third kappa shape index (κ3) is 3.80. The van der Waals surface area contributed by atoms with Crippen LogP contribution in [0.15, 0.2) is 36.4 Å². The van der Waals surface area contributed by atoms with Crippen LogP contribution >= 0.6 is 22.6 Å². The quantitative estimate of drug-likeness (QED) is 0.714. The average Bonchev–Trinajstić information content (AvgIpc) is 2.41. The fourth-order valence-electron chi connectivity index (χ4n) is 2.29. The molecule has 2 aromatic rings. The van der Waals surface area contributed by atoms with Gasteiger partial charge in [0.2, 0.25) is 0 Å². The van der Waals surface area contributed by atoms with Crippen LogP contribution in [-0.4, -0.2) is 6.04 Å². The molecule has 21 heavy (non-hydrogen) atoms. The summed E-state index contributed by atoms with van der Waals surface area (Å²) in [6, 6.07) is 10.3. The first kappa shape index (κ1) is 16.4. The van der Waals surface area contributed by atoms with Gasteiger partial charge in [0.05, 0.1) is 6.04 Å².